The number of carbonyl (C=O) groups is 1. The van der Waals surface area contributed by atoms with Gasteiger partial charge in [-0.05, 0) is 56.0 Å². The van der Waals surface area contributed by atoms with Gasteiger partial charge in [-0.1, -0.05) is 24.3 Å². The average Bonchev–Trinajstić information content (AvgIpc) is 3.57. The second-order valence-electron chi connectivity index (χ2n) is 7.63. The molecule has 0 saturated heterocycles. The molecule has 30 heavy (non-hydrogen) atoms. The van der Waals surface area contributed by atoms with Gasteiger partial charge < -0.3 is 4.90 Å². The number of nitrogens with zero attached hydrogens (tertiary/aromatic N) is 3. The number of halogens is 1. The molecule has 1 aromatic heterocycles. The Morgan fingerprint density at radius 2 is 1.87 bits per heavy atom. The van der Waals surface area contributed by atoms with Crippen LogP contribution < -0.4 is 11.2 Å². The Balaban J connectivity index is 1.62. The van der Waals surface area contributed by atoms with Gasteiger partial charge in [0.2, 0.25) is 5.91 Å². The third kappa shape index (κ3) is 3.92. The molecular weight excluding hydrogens is 385 g/mol. The number of fused-ring (bicyclic) bond motifs is 1. The van der Waals surface area contributed by atoms with Crippen LogP contribution in [-0.4, -0.2) is 32.5 Å². The summed E-state index contributed by atoms with van der Waals surface area (Å²) in [5, 5.41) is 0.421. The fraction of sp³-hybridized carbons (Fsp3) is 0.348. The summed E-state index contributed by atoms with van der Waals surface area (Å²) in [6.45, 7) is 2.31. The Labute approximate surface area is 173 Å². The van der Waals surface area contributed by atoms with Gasteiger partial charge in [-0.2, -0.15) is 0 Å². The summed E-state index contributed by atoms with van der Waals surface area (Å²) in [7, 11) is 0. The summed E-state index contributed by atoms with van der Waals surface area (Å²) in [4.78, 5) is 40.4. The smallest absolute Gasteiger partial charge is 0.331 e. The van der Waals surface area contributed by atoms with E-state index >= 15 is 0 Å². The van der Waals surface area contributed by atoms with Crippen molar-refractivity contribution in [3.63, 3.8) is 0 Å². The second kappa shape index (κ2) is 8.26. The lowest BCUT2D eigenvalue weighted by Crippen LogP contribution is -2.44. The van der Waals surface area contributed by atoms with Crippen molar-refractivity contribution in [2.75, 3.05) is 6.54 Å². The lowest BCUT2D eigenvalue weighted by Gasteiger charge is -2.23. The topological polar surface area (TPSA) is 64.3 Å². The molecule has 1 amide bonds. The lowest BCUT2D eigenvalue weighted by atomic mass is 10.1. The van der Waals surface area contributed by atoms with Crippen LogP contribution in [0.15, 0.2) is 58.1 Å². The van der Waals surface area contributed by atoms with Gasteiger partial charge in [-0.3, -0.25) is 18.7 Å². The zero-order chi connectivity index (χ0) is 21.3. The minimum Gasteiger partial charge on any atom is -0.338 e. The molecule has 3 aromatic rings. The molecule has 4 rings (SSSR count). The monoisotopic (exact) mass is 409 g/mol. The van der Waals surface area contributed by atoms with E-state index in [1.54, 1.807) is 42.2 Å². The van der Waals surface area contributed by atoms with Gasteiger partial charge >= 0.3 is 5.69 Å². The van der Waals surface area contributed by atoms with Gasteiger partial charge in [0.1, 0.15) is 12.4 Å². The van der Waals surface area contributed by atoms with Crippen LogP contribution >= 0.6 is 0 Å². The molecule has 0 aliphatic heterocycles. The quantitative estimate of drug-likeness (QED) is 0.603. The number of aromatic nitrogens is 2. The highest BCUT2D eigenvalue weighted by Crippen LogP contribution is 2.27. The predicted molar refractivity (Wildman–Crippen MR) is 113 cm³/mol. The van der Waals surface area contributed by atoms with Gasteiger partial charge in [-0.25, -0.2) is 9.18 Å². The Morgan fingerprint density at radius 3 is 2.57 bits per heavy atom. The van der Waals surface area contributed by atoms with Gasteiger partial charge in [0.15, 0.2) is 0 Å². The summed E-state index contributed by atoms with van der Waals surface area (Å²) in [6, 6.07) is 13.4. The van der Waals surface area contributed by atoms with Crippen LogP contribution in [0.3, 0.4) is 0 Å². The van der Waals surface area contributed by atoms with Crippen LogP contribution in [-0.2, 0) is 24.3 Å². The van der Waals surface area contributed by atoms with E-state index in [1.807, 2.05) is 6.07 Å². The number of amides is 1. The minimum absolute atomic E-state index is 0.126. The molecule has 1 fully saturated rings. The molecular formula is C23H24FN3O3. The molecule has 1 aliphatic carbocycles. The highest BCUT2D eigenvalue weighted by Gasteiger charge is 2.32. The highest BCUT2D eigenvalue weighted by molar-refractivity contribution is 5.82. The Morgan fingerprint density at radius 1 is 1.10 bits per heavy atom. The van der Waals surface area contributed by atoms with Crippen molar-refractivity contribution in [1.82, 2.24) is 14.0 Å². The van der Waals surface area contributed by atoms with Crippen LogP contribution in [0.1, 0.15) is 25.3 Å². The average molecular weight is 409 g/mol. The van der Waals surface area contributed by atoms with E-state index in [4.69, 9.17) is 0 Å². The Kier molecular flexibility index (Phi) is 5.53. The van der Waals surface area contributed by atoms with Crippen molar-refractivity contribution in [2.45, 2.75) is 45.3 Å². The van der Waals surface area contributed by atoms with Crippen LogP contribution in [0.5, 0.6) is 0 Å². The minimum atomic E-state index is -0.476. The van der Waals surface area contributed by atoms with E-state index in [9.17, 15) is 18.8 Å². The maximum absolute atomic E-state index is 13.5. The van der Waals surface area contributed by atoms with E-state index in [1.165, 1.54) is 16.7 Å². The van der Waals surface area contributed by atoms with Gasteiger partial charge in [-0.15, -0.1) is 0 Å². The molecule has 1 aliphatic rings. The first-order valence-corrected chi connectivity index (χ1v) is 10.3. The Hall–Kier alpha value is -3.22. The van der Waals surface area contributed by atoms with Crippen molar-refractivity contribution < 1.29 is 9.18 Å². The summed E-state index contributed by atoms with van der Waals surface area (Å²) in [5.74, 6) is -0.459. The summed E-state index contributed by atoms with van der Waals surface area (Å²) in [5.41, 5.74) is 0.476. The largest absolute Gasteiger partial charge is 0.338 e. The third-order valence-electron chi connectivity index (χ3n) is 5.58. The second-order valence-corrected chi connectivity index (χ2v) is 7.63. The molecule has 0 spiro atoms. The number of hydrogen-bond acceptors (Lipinski definition) is 3. The first kappa shape index (κ1) is 20.1. The molecule has 0 bridgehead atoms. The van der Waals surface area contributed by atoms with Crippen molar-refractivity contribution in [3.8, 4) is 0 Å². The number of benzene rings is 2. The molecule has 0 atom stereocenters. The van der Waals surface area contributed by atoms with Gasteiger partial charge in [0.05, 0.1) is 10.9 Å². The molecule has 156 valence electrons. The van der Waals surface area contributed by atoms with Crippen LogP contribution in [0.25, 0.3) is 10.9 Å². The fourth-order valence-corrected chi connectivity index (χ4v) is 3.87. The predicted octanol–water partition coefficient (Wildman–Crippen LogP) is 2.56. The highest BCUT2D eigenvalue weighted by atomic mass is 19.1. The number of para-hydroxylation sites is 1. The van der Waals surface area contributed by atoms with Gasteiger partial charge in [0.25, 0.3) is 5.56 Å². The first-order valence-electron chi connectivity index (χ1n) is 10.3. The number of rotatable bonds is 7. The van der Waals surface area contributed by atoms with Crippen molar-refractivity contribution in [3.05, 3.63) is 80.7 Å². The van der Waals surface area contributed by atoms with Crippen LogP contribution in [0, 0.1) is 5.82 Å². The normalized spacial score (nSPS) is 13.5. The zero-order valence-corrected chi connectivity index (χ0v) is 16.9. The maximum atomic E-state index is 13.5. The Bertz CT molecular complexity index is 1210. The molecule has 0 radical (unpaired) electrons. The summed E-state index contributed by atoms with van der Waals surface area (Å²) in [6.07, 6.45) is 2.40. The molecule has 0 N–H and O–H groups in total. The molecule has 6 nitrogen and oxygen atoms in total. The van der Waals surface area contributed by atoms with E-state index in [-0.39, 0.29) is 36.4 Å². The van der Waals surface area contributed by atoms with Crippen LogP contribution in [0.2, 0.25) is 0 Å². The van der Waals surface area contributed by atoms with E-state index in [2.05, 4.69) is 0 Å². The standard InChI is InChI=1S/C23H24FN3O3/c1-2-25-22(29)19-8-3-4-9-20(19)27(23(25)30)15-21(28)26(18-10-11-18)13-12-16-6-5-7-17(24)14-16/h3-9,14,18H,2,10-13,15H2,1H3. The zero-order valence-electron chi connectivity index (χ0n) is 16.9. The van der Waals surface area contributed by atoms with Crippen molar-refractivity contribution in [1.29, 1.82) is 0 Å². The third-order valence-corrected chi connectivity index (χ3v) is 5.58. The molecule has 1 saturated carbocycles. The summed E-state index contributed by atoms with van der Waals surface area (Å²) < 4.78 is 16.0. The lowest BCUT2D eigenvalue weighted by molar-refractivity contribution is -0.132. The SMILES string of the molecule is CCn1c(=O)c2ccccc2n(CC(=O)N(CCc2cccc(F)c2)C2CC2)c1=O. The van der Waals surface area contributed by atoms with E-state index in [0.29, 0.717) is 23.9 Å². The summed E-state index contributed by atoms with van der Waals surface area (Å²) >= 11 is 0. The maximum Gasteiger partial charge on any atom is 0.331 e. The number of hydrogen-bond donors (Lipinski definition) is 0. The van der Waals surface area contributed by atoms with Crippen molar-refractivity contribution >= 4 is 16.8 Å². The molecule has 0 unspecified atom stereocenters. The first-order chi connectivity index (χ1) is 14.5. The number of carbonyl (C=O) groups excluding carboxylic acids is 1. The molecule has 2 aromatic carbocycles. The van der Waals surface area contributed by atoms with E-state index < -0.39 is 5.69 Å². The van der Waals surface area contributed by atoms with Crippen molar-refractivity contribution in [2.24, 2.45) is 0 Å². The van der Waals surface area contributed by atoms with Crippen LogP contribution in [0.4, 0.5) is 4.39 Å². The van der Waals surface area contributed by atoms with E-state index in [0.717, 1.165) is 23.0 Å². The van der Waals surface area contributed by atoms with Gasteiger partial charge in [0, 0.05) is 19.1 Å². The molecule has 7 heteroatoms. The fourth-order valence-electron chi connectivity index (χ4n) is 3.87. The molecule has 1 heterocycles.